The Morgan fingerprint density at radius 3 is 1.31 bits per heavy atom. The fourth-order valence-corrected chi connectivity index (χ4v) is 4.34. The van der Waals surface area contributed by atoms with Crippen LogP contribution in [0, 0.1) is 0 Å². The second-order valence-corrected chi connectivity index (χ2v) is 8.38. The van der Waals surface area contributed by atoms with E-state index in [2.05, 4.69) is 65.6 Å². The molecule has 0 saturated heterocycles. The Hall–Kier alpha value is -3.20. The average molecular weight is 422 g/mol. The SMILES string of the molecule is OC(CCCN(Cc1ccccc1)Cc1ccccc1)(c1ccccc1)c1ccccc1. The first-order valence-electron chi connectivity index (χ1n) is 11.4. The molecular formula is C30H31NO. The van der Waals surface area contributed by atoms with Crippen molar-refractivity contribution >= 4 is 0 Å². The van der Waals surface area contributed by atoms with E-state index in [-0.39, 0.29) is 0 Å². The standard InChI is InChI=1S/C30H31NO/c32-30(28-18-9-3-10-19-28,29-20-11-4-12-21-29)22-13-23-31(24-26-14-5-1-6-15-26)25-27-16-7-2-8-17-27/h1-12,14-21,32H,13,22-25H2. The van der Waals surface area contributed by atoms with Crippen molar-refractivity contribution in [3.63, 3.8) is 0 Å². The Morgan fingerprint density at radius 2 is 0.906 bits per heavy atom. The van der Waals surface area contributed by atoms with Gasteiger partial charge in [0.2, 0.25) is 0 Å². The average Bonchev–Trinajstić information content (AvgIpc) is 2.86. The molecule has 4 rings (SSSR count). The molecule has 2 heteroatoms. The molecule has 0 aliphatic heterocycles. The zero-order valence-electron chi connectivity index (χ0n) is 18.5. The first kappa shape index (κ1) is 22.0. The fourth-order valence-electron chi connectivity index (χ4n) is 4.34. The molecule has 0 heterocycles. The second kappa shape index (κ2) is 10.9. The van der Waals surface area contributed by atoms with Gasteiger partial charge >= 0.3 is 0 Å². The summed E-state index contributed by atoms with van der Waals surface area (Å²) < 4.78 is 0. The first-order valence-corrected chi connectivity index (χ1v) is 11.4. The molecule has 0 bridgehead atoms. The third-order valence-electron chi connectivity index (χ3n) is 6.01. The van der Waals surface area contributed by atoms with Gasteiger partial charge in [-0.2, -0.15) is 0 Å². The quantitative estimate of drug-likeness (QED) is 0.320. The van der Waals surface area contributed by atoms with Crippen LogP contribution in [-0.4, -0.2) is 16.6 Å². The predicted octanol–water partition coefficient (Wildman–Crippen LogP) is 6.41. The van der Waals surface area contributed by atoms with Crippen LogP contribution in [0.4, 0.5) is 0 Å². The van der Waals surface area contributed by atoms with Gasteiger partial charge in [-0.1, -0.05) is 121 Å². The van der Waals surface area contributed by atoms with E-state index in [9.17, 15) is 5.11 Å². The molecular weight excluding hydrogens is 390 g/mol. The normalized spacial score (nSPS) is 11.6. The van der Waals surface area contributed by atoms with Crippen molar-refractivity contribution < 1.29 is 5.11 Å². The summed E-state index contributed by atoms with van der Waals surface area (Å²) >= 11 is 0. The lowest BCUT2D eigenvalue weighted by molar-refractivity contribution is 0.0640. The Bertz CT molecular complexity index is 968. The molecule has 2 nitrogen and oxygen atoms in total. The van der Waals surface area contributed by atoms with Gasteiger partial charge in [0.1, 0.15) is 5.60 Å². The Labute approximate surface area is 191 Å². The van der Waals surface area contributed by atoms with Crippen molar-refractivity contribution in [1.82, 2.24) is 4.90 Å². The van der Waals surface area contributed by atoms with Gasteiger partial charge in [0.05, 0.1) is 0 Å². The van der Waals surface area contributed by atoms with E-state index in [4.69, 9.17) is 0 Å². The second-order valence-electron chi connectivity index (χ2n) is 8.38. The monoisotopic (exact) mass is 421 g/mol. The highest BCUT2D eigenvalue weighted by molar-refractivity contribution is 5.35. The van der Waals surface area contributed by atoms with Crippen LogP contribution in [0.1, 0.15) is 35.1 Å². The maximum atomic E-state index is 11.8. The van der Waals surface area contributed by atoms with Crippen molar-refractivity contribution in [2.75, 3.05) is 6.54 Å². The molecule has 0 atom stereocenters. The van der Waals surface area contributed by atoms with E-state index in [1.54, 1.807) is 0 Å². The van der Waals surface area contributed by atoms with E-state index in [0.29, 0.717) is 6.42 Å². The highest BCUT2D eigenvalue weighted by Crippen LogP contribution is 2.34. The number of hydrogen-bond acceptors (Lipinski definition) is 2. The number of rotatable bonds is 10. The molecule has 0 fully saturated rings. The molecule has 1 N–H and O–H groups in total. The van der Waals surface area contributed by atoms with Crippen LogP contribution in [-0.2, 0) is 18.7 Å². The summed E-state index contributed by atoms with van der Waals surface area (Å²) in [5.41, 5.74) is 3.52. The van der Waals surface area contributed by atoms with Gasteiger partial charge in [0.25, 0.3) is 0 Å². The Balaban J connectivity index is 1.50. The molecule has 0 unspecified atom stereocenters. The molecule has 32 heavy (non-hydrogen) atoms. The largest absolute Gasteiger partial charge is 0.380 e. The minimum absolute atomic E-state index is 0.668. The van der Waals surface area contributed by atoms with Gasteiger partial charge in [-0.25, -0.2) is 0 Å². The zero-order valence-corrected chi connectivity index (χ0v) is 18.5. The number of benzene rings is 4. The van der Waals surface area contributed by atoms with Crippen LogP contribution in [0.25, 0.3) is 0 Å². The molecule has 0 aromatic heterocycles. The van der Waals surface area contributed by atoms with E-state index in [1.807, 2.05) is 60.7 Å². The highest BCUT2D eigenvalue weighted by Gasteiger charge is 2.30. The van der Waals surface area contributed by atoms with E-state index < -0.39 is 5.60 Å². The van der Waals surface area contributed by atoms with Gasteiger partial charge in [-0.05, 0) is 41.6 Å². The van der Waals surface area contributed by atoms with Crippen molar-refractivity contribution in [1.29, 1.82) is 0 Å². The number of aliphatic hydroxyl groups is 1. The number of nitrogens with zero attached hydrogens (tertiary/aromatic N) is 1. The molecule has 0 saturated carbocycles. The summed E-state index contributed by atoms with van der Waals surface area (Å²) in [6.45, 7) is 2.70. The summed E-state index contributed by atoms with van der Waals surface area (Å²) in [5.74, 6) is 0. The molecule has 0 radical (unpaired) electrons. The van der Waals surface area contributed by atoms with Gasteiger partial charge in [-0.15, -0.1) is 0 Å². The number of hydrogen-bond donors (Lipinski definition) is 1. The maximum absolute atomic E-state index is 11.8. The molecule has 0 spiro atoms. The summed E-state index contributed by atoms with van der Waals surface area (Å²) in [7, 11) is 0. The van der Waals surface area contributed by atoms with Crippen LogP contribution < -0.4 is 0 Å². The third kappa shape index (κ3) is 5.73. The van der Waals surface area contributed by atoms with E-state index in [0.717, 1.165) is 37.2 Å². The van der Waals surface area contributed by atoms with Gasteiger partial charge in [-0.3, -0.25) is 4.90 Å². The van der Waals surface area contributed by atoms with Crippen LogP contribution in [0.2, 0.25) is 0 Å². The van der Waals surface area contributed by atoms with Gasteiger partial charge in [0.15, 0.2) is 0 Å². The van der Waals surface area contributed by atoms with Gasteiger partial charge in [0, 0.05) is 13.1 Å². The van der Waals surface area contributed by atoms with Crippen molar-refractivity contribution in [3.8, 4) is 0 Å². The third-order valence-corrected chi connectivity index (χ3v) is 6.01. The summed E-state index contributed by atoms with van der Waals surface area (Å²) in [5, 5.41) is 11.8. The predicted molar refractivity (Wildman–Crippen MR) is 132 cm³/mol. The van der Waals surface area contributed by atoms with Crippen molar-refractivity contribution in [2.24, 2.45) is 0 Å². The smallest absolute Gasteiger partial charge is 0.115 e. The lowest BCUT2D eigenvalue weighted by atomic mass is 9.82. The van der Waals surface area contributed by atoms with E-state index in [1.165, 1.54) is 11.1 Å². The van der Waals surface area contributed by atoms with Crippen LogP contribution in [0.15, 0.2) is 121 Å². The van der Waals surface area contributed by atoms with Crippen molar-refractivity contribution in [2.45, 2.75) is 31.5 Å². The summed E-state index contributed by atoms with van der Waals surface area (Å²) in [4.78, 5) is 2.47. The zero-order chi connectivity index (χ0) is 22.1. The molecule has 4 aromatic rings. The van der Waals surface area contributed by atoms with Gasteiger partial charge < -0.3 is 5.11 Å². The van der Waals surface area contributed by atoms with Crippen LogP contribution >= 0.6 is 0 Å². The summed E-state index contributed by atoms with van der Waals surface area (Å²) in [6, 6.07) is 41.3. The van der Waals surface area contributed by atoms with Crippen LogP contribution in [0.3, 0.4) is 0 Å². The Kier molecular flexibility index (Phi) is 7.50. The topological polar surface area (TPSA) is 23.5 Å². The molecule has 0 aliphatic carbocycles. The minimum Gasteiger partial charge on any atom is -0.380 e. The molecule has 4 aromatic carbocycles. The first-order chi connectivity index (χ1) is 15.7. The molecule has 0 amide bonds. The maximum Gasteiger partial charge on any atom is 0.115 e. The highest BCUT2D eigenvalue weighted by atomic mass is 16.3. The lowest BCUT2D eigenvalue weighted by Gasteiger charge is -2.31. The van der Waals surface area contributed by atoms with Crippen molar-refractivity contribution in [3.05, 3.63) is 144 Å². The fraction of sp³-hybridized carbons (Fsp3) is 0.200. The lowest BCUT2D eigenvalue weighted by Crippen LogP contribution is -2.30. The molecule has 162 valence electrons. The van der Waals surface area contributed by atoms with Crippen LogP contribution in [0.5, 0.6) is 0 Å². The van der Waals surface area contributed by atoms with E-state index >= 15 is 0 Å². The Morgan fingerprint density at radius 1 is 0.531 bits per heavy atom. The molecule has 0 aliphatic rings. The summed E-state index contributed by atoms with van der Waals surface area (Å²) in [6.07, 6.45) is 1.56. The minimum atomic E-state index is -0.992.